The van der Waals surface area contributed by atoms with Crippen LogP contribution in [0.4, 0.5) is 5.69 Å². The van der Waals surface area contributed by atoms with Gasteiger partial charge in [-0.1, -0.05) is 6.07 Å². The smallest absolute Gasteiger partial charge is 0.265 e. The molecule has 0 saturated heterocycles. The third kappa shape index (κ3) is 4.27. The van der Waals surface area contributed by atoms with Gasteiger partial charge in [-0.3, -0.25) is 9.78 Å². The molecule has 0 aliphatic heterocycles. The normalized spacial score (nSPS) is 10.4. The zero-order chi connectivity index (χ0) is 17.6. The third-order valence-corrected chi connectivity index (χ3v) is 4.32. The van der Waals surface area contributed by atoms with E-state index in [0.717, 1.165) is 4.88 Å². The van der Waals surface area contributed by atoms with E-state index < -0.39 is 0 Å². The Kier molecular flexibility index (Phi) is 5.15. The Bertz CT molecular complexity index is 838. The Morgan fingerprint density at radius 1 is 1.16 bits per heavy atom. The largest absolute Gasteiger partial charge is 0.504 e. The standard InChI is InChI=1S/C18H16N2O4S/c21-16-6-5-14(9-17(16)22)24-12-18(23)20(11-15-4-2-8-25-15)13-3-1-7-19-10-13/h1-10,21-22H,11-12H2. The Balaban J connectivity index is 1.73. The number of anilines is 1. The van der Waals surface area contributed by atoms with E-state index >= 15 is 0 Å². The highest BCUT2D eigenvalue weighted by Crippen LogP contribution is 2.28. The molecule has 0 unspecified atom stereocenters. The van der Waals surface area contributed by atoms with Crippen molar-refractivity contribution in [1.82, 2.24) is 4.98 Å². The highest BCUT2D eigenvalue weighted by atomic mass is 32.1. The van der Waals surface area contributed by atoms with Crippen LogP contribution in [0.25, 0.3) is 0 Å². The fourth-order valence-electron chi connectivity index (χ4n) is 2.21. The number of benzene rings is 1. The van der Waals surface area contributed by atoms with Crippen molar-refractivity contribution in [2.24, 2.45) is 0 Å². The molecule has 3 aromatic rings. The number of amides is 1. The van der Waals surface area contributed by atoms with Crippen molar-refractivity contribution in [3.05, 3.63) is 65.1 Å². The number of thiophene rings is 1. The summed E-state index contributed by atoms with van der Waals surface area (Å²) in [6.45, 7) is 0.219. The highest BCUT2D eigenvalue weighted by molar-refractivity contribution is 7.09. The molecule has 3 rings (SSSR count). The number of aromatic hydroxyl groups is 2. The molecule has 1 aromatic carbocycles. The molecule has 6 nitrogen and oxygen atoms in total. The van der Waals surface area contributed by atoms with Gasteiger partial charge in [0.15, 0.2) is 18.1 Å². The summed E-state index contributed by atoms with van der Waals surface area (Å²) in [5.74, 6) is -0.485. The number of phenolic OH excluding ortho intramolecular Hbond substituents is 2. The van der Waals surface area contributed by atoms with E-state index in [1.165, 1.54) is 18.2 Å². The van der Waals surface area contributed by atoms with Crippen molar-refractivity contribution in [2.45, 2.75) is 6.54 Å². The number of ether oxygens (including phenoxy) is 1. The van der Waals surface area contributed by atoms with Crippen molar-refractivity contribution < 1.29 is 19.7 Å². The topological polar surface area (TPSA) is 82.9 Å². The Morgan fingerprint density at radius 3 is 2.72 bits per heavy atom. The van der Waals surface area contributed by atoms with Gasteiger partial charge in [-0.2, -0.15) is 0 Å². The van der Waals surface area contributed by atoms with E-state index in [1.807, 2.05) is 23.6 Å². The molecule has 2 heterocycles. The lowest BCUT2D eigenvalue weighted by atomic mass is 10.3. The van der Waals surface area contributed by atoms with Gasteiger partial charge in [0.2, 0.25) is 0 Å². The minimum atomic E-state index is -0.298. The number of nitrogens with zero attached hydrogens (tertiary/aromatic N) is 2. The average molecular weight is 356 g/mol. The average Bonchev–Trinajstić information content (AvgIpc) is 3.14. The van der Waals surface area contributed by atoms with E-state index in [0.29, 0.717) is 18.0 Å². The second kappa shape index (κ2) is 7.67. The van der Waals surface area contributed by atoms with E-state index in [4.69, 9.17) is 4.74 Å². The van der Waals surface area contributed by atoms with Crippen molar-refractivity contribution in [3.63, 3.8) is 0 Å². The summed E-state index contributed by atoms with van der Waals surface area (Å²) in [6.07, 6.45) is 3.27. The van der Waals surface area contributed by atoms with Gasteiger partial charge in [0, 0.05) is 17.1 Å². The molecule has 0 fully saturated rings. The van der Waals surface area contributed by atoms with E-state index in [9.17, 15) is 15.0 Å². The fraction of sp³-hybridized carbons (Fsp3) is 0.111. The highest BCUT2D eigenvalue weighted by Gasteiger charge is 2.18. The maximum Gasteiger partial charge on any atom is 0.265 e. The number of rotatable bonds is 6. The first-order valence-corrected chi connectivity index (χ1v) is 8.39. The maximum absolute atomic E-state index is 12.7. The molecule has 0 atom stereocenters. The molecule has 0 saturated carbocycles. The summed E-state index contributed by atoms with van der Waals surface area (Å²) in [5.41, 5.74) is 0.679. The zero-order valence-electron chi connectivity index (χ0n) is 13.2. The van der Waals surface area contributed by atoms with Crippen LogP contribution in [0, 0.1) is 0 Å². The predicted octanol–water partition coefficient (Wildman–Crippen LogP) is 3.17. The quantitative estimate of drug-likeness (QED) is 0.663. The number of hydrogen-bond donors (Lipinski definition) is 2. The van der Waals surface area contributed by atoms with Crippen molar-refractivity contribution in [1.29, 1.82) is 0 Å². The summed E-state index contributed by atoms with van der Waals surface area (Å²) in [7, 11) is 0. The summed E-state index contributed by atoms with van der Waals surface area (Å²) in [4.78, 5) is 19.4. The van der Waals surface area contributed by atoms with Gasteiger partial charge in [0.05, 0.1) is 18.4 Å². The number of phenols is 2. The molecule has 7 heteroatoms. The molecule has 0 spiro atoms. The van der Waals surface area contributed by atoms with Gasteiger partial charge in [-0.25, -0.2) is 0 Å². The first kappa shape index (κ1) is 16.8. The second-order valence-electron chi connectivity index (χ2n) is 5.21. The number of carbonyl (C=O) groups excluding carboxylic acids is 1. The van der Waals surface area contributed by atoms with Crippen LogP contribution in [0.3, 0.4) is 0 Å². The molecule has 2 N–H and O–H groups in total. The summed E-state index contributed by atoms with van der Waals surface area (Å²) < 4.78 is 5.45. The van der Waals surface area contributed by atoms with Gasteiger partial charge >= 0.3 is 0 Å². The Labute approximate surface area is 148 Å². The summed E-state index contributed by atoms with van der Waals surface area (Å²) >= 11 is 1.57. The van der Waals surface area contributed by atoms with Gasteiger partial charge in [0.25, 0.3) is 5.91 Å². The van der Waals surface area contributed by atoms with Gasteiger partial charge in [-0.15, -0.1) is 11.3 Å². The van der Waals surface area contributed by atoms with E-state index in [1.54, 1.807) is 34.7 Å². The Morgan fingerprint density at radius 2 is 2.04 bits per heavy atom. The second-order valence-corrected chi connectivity index (χ2v) is 6.24. The monoisotopic (exact) mass is 356 g/mol. The van der Waals surface area contributed by atoms with E-state index in [2.05, 4.69) is 4.98 Å². The Hall–Kier alpha value is -3.06. The third-order valence-electron chi connectivity index (χ3n) is 3.46. The first-order valence-electron chi connectivity index (χ1n) is 7.51. The molecule has 0 radical (unpaired) electrons. The molecule has 2 aromatic heterocycles. The van der Waals surface area contributed by atoms with Crippen LogP contribution < -0.4 is 9.64 Å². The van der Waals surface area contributed by atoms with Gasteiger partial charge in [0.1, 0.15) is 5.75 Å². The van der Waals surface area contributed by atoms with Crippen LogP contribution in [0.5, 0.6) is 17.2 Å². The van der Waals surface area contributed by atoms with E-state index in [-0.39, 0.29) is 24.0 Å². The SMILES string of the molecule is O=C(COc1ccc(O)c(O)c1)N(Cc1cccs1)c1cccnc1. The molecule has 1 amide bonds. The molecule has 0 aliphatic rings. The number of aromatic nitrogens is 1. The van der Waals surface area contributed by atoms with Crippen molar-refractivity contribution >= 4 is 22.9 Å². The lowest BCUT2D eigenvalue weighted by Gasteiger charge is -2.22. The number of hydrogen-bond acceptors (Lipinski definition) is 6. The molecular weight excluding hydrogens is 340 g/mol. The first-order chi connectivity index (χ1) is 12.1. The minimum Gasteiger partial charge on any atom is -0.504 e. The minimum absolute atomic E-state index is 0.204. The van der Waals surface area contributed by atoms with Crippen LogP contribution in [-0.2, 0) is 11.3 Å². The van der Waals surface area contributed by atoms with Crippen LogP contribution in [0.1, 0.15) is 4.88 Å². The predicted molar refractivity (Wildman–Crippen MR) is 95.0 cm³/mol. The van der Waals surface area contributed by atoms with Crippen molar-refractivity contribution in [3.8, 4) is 17.2 Å². The molecule has 0 aliphatic carbocycles. The molecule has 25 heavy (non-hydrogen) atoms. The molecule has 128 valence electrons. The van der Waals surface area contributed by atoms with Crippen molar-refractivity contribution in [2.75, 3.05) is 11.5 Å². The van der Waals surface area contributed by atoms with Crippen LogP contribution in [0.2, 0.25) is 0 Å². The van der Waals surface area contributed by atoms with Crippen LogP contribution >= 0.6 is 11.3 Å². The zero-order valence-corrected chi connectivity index (χ0v) is 14.0. The summed E-state index contributed by atoms with van der Waals surface area (Å²) in [6, 6.07) is 11.5. The molecular formula is C18H16N2O4S. The molecule has 0 bridgehead atoms. The van der Waals surface area contributed by atoms with Crippen LogP contribution in [0.15, 0.2) is 60.2 Å². The van der Waals surface area contributed by atoms with Gasteiger partial charge in [-0.05, 0) is 35.7 Å². The lowest BCUT2D eigenvalue weighted by molar-refractivity contribution is -0.120. The fourth-order valence-corrected chi connectivity index (χ4v) is 2.90. The lowest BCUT2D eigenvalue weighted by Crippen LogP contribution is -2.34. The number of pyridine rings is 1. The van der Waals surface area contributed by atoms with Gasteiger partial charge < -0.3 is 19.8 Å². The summed E-state index contributed by atoms with van der Waals surface area (Å²) in [5, 5.41) is 20.8. The number of carbonyl (C=O) groups is 1. The van der Waals surface area contributed by atoms with Crippen LogP contribution in [-0.4, -0.2) is 27.7 Å². The maximum atomic E-state index is 12.7.